The summed E-state index contributed by atoms with van der Waals surface area (Å²) in [5.74, 6) is 0. The van der Waals surface area contributed by atoms with Crippen LogP contribution < -0.4 is 4.87 Å². The fourth-order valence-corrected chi connectivity index (χ4v) is 1.63. The number of thiazole rings is 1. The monoisotopic (exact) mass is 174 g/mol. The van der Waals surface area contributed by atoms with Crippen molar-refractivity contribution in [3.63, 3.8) is 0 Å². The molecule has 0 bridgehead atoms. The van der Waals surface area contributed by atoms with Gasteiger partial charge in [0.25, 0.3) is 0 Å². The van der Waals surface area contributed by atoms with Gasteiger partial charge in [0.05, 0.1) is 10.2 Å². The van der Waals surface area contributed by atoms with Crippen molar-refractivity contribution in [2.75, 3.05) is 0 Å². The van der Waals surface area contributed by atoms with E-state index in [1.807, 2.05) is 24.3 Å². The SMILES string of the molecule is O=c1[nH]c2ccccc2s1.[Na]. The molecule has 1 aromatic heterocycles. The number of aromatic nitrogens is 1. The van der Waals surface area contributed by atoms with E-state index in [-0.39, 0.29) is 34.4 Å². The zero-order valence-electron chi connectivity index (χ0n) is 6.13. The molecule has 2 nitrogen and oxygen atoms in total. The first-order valence-corrected chi connectivity index (χ1v) is 3.76. The summed E-state index contributed by atoms with van der Waals surface area (Å²) in [4.78, 5) is 13.5. The second kappa shape index (κ2) is 3.54. The van der Waals surface area contributed by atoms with Gasteiger partial charge in [-0.1, -0.05) is 23.5 Å². The molecule has 4 heteroatoms. The van der Waals surface area contributed by atoms with Crippen molar-refractivity contribution in [2.24, 2.45) is 0 Å². The van der Waals surface area contributed by atoms with E-state index in [2.05, 4.69) is 4.98 Å². The van der Waals surface area contributed by atoms with Gasteiger partial charge in [-0.2, -0.15) is 0 Å². The van der Waals surface area contributed by atoms with E-state index in [1.165, 1.54) is 11.3 Å². The Hall–Kier alpha value is -0.0900. The first kappa shape index (κ1) is 9.00. The molecule has 0 aliphatic heterocycles. The maximum Gasteiger partial charge on any atom is 0.305 e. The van der Waals surface area contributed by atoms with Crippen molar-refractivity contribution < 1.29 is 0 Å². The third kappa shape index (κ3) is 1.73. The molecule has 11 heavy (non-hydrogen) atoms. The number of fused-ring (bicyclic) bond motifs is 1. The number of nitrogens with one attached hydrogen (secondary N) is 1. The van der Waals surface area contributed by atoms with Gasteiger partial charge in [0.1, 0.15) is 0 Å². The van der Waals surface area contributed by atoms with Crippen LogP contribution in [-0.2, 0) is 0 Å². The van der Waals surface area contributed by atoms with Gasteiger partial charge in [-0.15, -0.1) is 0 Å². The fraction of sp³-hybridized carbons (Fsp3) is 0. The van der Waals surface area contributed by atoms with Crippen LogP contribution in [0.3, 0.4) is 0 Å². The average Bonchev–Trinajstić information content (AvgIpc) is 2.27. The zero-order chi connectivity index (χ0) is 6.97. The van der Waals surface area contributed by atoms with Crippen molar-refractivity contribution >= 4 is 51.1 Å². The predicted octanol–water partition coefficient (Wildman–Crippen LogP) is 1.21. The Bertz CT molecular complexity index is 370. The minimum absolute atomic E-state index is 0. The fourth-order valence-electron chi connectivity index (χ4n) is 0.894. The van der Waals surface area contributed by atoms with Crippen LogP contribution in [0.5, 0.6) is 0 Å². The van der Waals surface area contributed by atoms with Crippen LogP contribution in [-0.4, -0.2) is 34.5 Å². The van der Waals surface area contributed by atoms with E-state index >= 15 is 0 Å². The van der Waals surface area contributed by atoms with Gasteiger partial charge in [0.15, 0.2) is 0 Å². The van der Waals surface area contributed by atoms with Crippen molar-refractivity contribution in [2.45, 2.75) is 0 Å². The van der Waals surface area contributed by atoms with Crippen LogP contribution in [0.4, 0.5) is 0 Å². The molecule has 1 N–H and O–H groups in total. The second-order valence-electron chi connectivity index (χ2n) is 2.01. The number of H-pyrrole nitrogens is 1. The van der Waals surface area contributed by atoms with Crippen molar-refractivity contribution in [1.82, 2.24) is 4.98 Å². The van der Waals surface area contributed by atoms with Crippen LogP contribution in [0, 0.1) is 0 Å². The van der Waals surface area contributed by atoms with Gasteiger partial charge in [0.2, 0.25) is 0 Å². The van der Waals surface area contributed by atoms with Crippen LogP contribution >= 0.6 is 11.3 Å². The smallest absolute Gasteiger partial charge is 0.305 e. The summed E-state index contributed by atoms with van der Waals surface area (Å²) in [6.45, 7) is 0. The largest absolute Gasteiger partial charge is 0.312 e. The molecule has 0 saturated heterocycles. The summed E-state index contributed by atoms with van der Waals surface area (Å²) < 4.78 is 1.02. The summed E-state index contributed by atoms with van der Waals surface area (Å²) in [5.41, 5.74) is 0.928. The predicted molar refractivity (Wildman–Crippen MR) is 48.2 cm³/mol. The van der Waals surface area contributed by atoms with Gasteiger partial charge in [-0.05, 0) is 12.1 Å². The summed E-state index contributed by atoms with van der Waals surface area (Å²) in [7, 11) is 0. The van der Waals surface area contributed by atoms with Crippen LogP contribution in [0.1, 0.15) is 0 Å². The van der Waals surface area contributed by atoms with Gasteiger partial charge in [-0.3, -0.25) is 4.79 Å². The number of aromatic amines is 1. The quantitative estimate of drug-likeness (QED) is 0.598. The normalized spacial score (nSPS) is 9.45. The van der Waals surface area contributed by atoms with E-state index in [9.17, 15) is 4.79 Å². The molecule has 0 aliphatic carbocycles. The maximum absolute atomic E-state index is 10.8. The molecule has 0 fully saturated rings. The van der Waals surface area contributed by atoms with Crippen molar-refractivity contribution in [3.05, 3.63) is 33.9 Å². The third-order valence-corrected chi connectivity index (χ3v) is 2.19. The average molecular weight is 174 g/mol. The van der Waals surface area contributed by atoms with E-state index in [0.717, 1.165) is 10.2 Å². The Morgan fingerprint density at radius 3 is 2.73 bits per heavy atom. The molecule has 0 saturated carbocycles. The molecule has 0 amide bonds. The number of benzene rings is 1. The van der Waals surface area contributed by atoms with Gasteiger partial charge < -0.3 is 4.98 Å². The van der Waals surface area contributed by atoms with Crippen LogP contribution in [0.2, 0.25) is 0 Å². The summed E-state index contributed by atoms with van der Waals surface area (Å²) in [5, 5.41) is 0. The van der Waals surface area contributed by atoms with Crippen molar-refractivity contribution in [1.29, 1.82) is 0 Å². The van der Waals surface area contributed by atoms with E-state index < -0.39 is 0 Å². The summed E-state index contributed by atoms with van der Waals surface area (Å²) in [6.07, 6.45) is 0. The van der Waals surface area contributed by atoms with E-state index in [4.69, 9.17) is 0 Å². The number of rotatable bonds is 0. The molecule has 0 spiro atoms. The molecule has 1 radical (unpaired) electrons. The van der Waals surface area contributed by atoms with Gasteiger partial charge >= 0.3 is 4.87 Å². The first-order valence-electron chi connectivity index (χ1n) is 2.94. The van der Waals surface area contributed by atoms with Crippen molar-refractivity contribution in [3.8, 4) is 0 Å². The molecule has 2 rings (SSSR count). The molecule has 1 heterocycles. The Balaban J connectivity index is 0.000000605. The van der Waals surface area contributed by atoms with E-state index in [1.54, 1.807) is 0 Å². The Morgan fingerprint density at radius 1 is 1.27 bits per heavy atom. The minimum Gasteiger partial charge on any atom is -0.312 e. The number of para-hydroxylation sites is 1. The zero-order valence-corrected chi connectivity index (χ0v) is 8.94. The Labute approximate surface area is 89.5 Å². The van der Waals surface area contributed by atoms with Gasteiger partial charge in [-0.25, -0.2) is 0 Å². The molecule has 0 atom stereocenters. The number of hydrogen-bond donors (Lipinski definition) is 1. The molecule has 0 aliphatic rings. The number of hydrogen-bond acceptors (Lipinski definition) is 2. The van der Waals surface area contributed by atoms with Crippen LogP contribution in [0.15, 0.2) is 29.1 Å². The molecule has 0 unspecified atom stereocenters. The summed E-state index contributed by atoms with van der Waals surface area (Å²) in [6, 6.07) is 7.65. The Morgan fingerprint density at radius 2 is 2.00 bits per heavy atom. The topological polar surface area (TPSA) is 32.9 Å². The first-order chi connectivity index (χ1) is 4.86. The maximum atomic E-state index is 10.8. The molecule has 51 valence electrons. The minimum atomic E-state index is 0. The van der Waals surface area contributed by atoms with Crippen LogP contribution in [0.25, 0.3) is 10.2 Å². The molecular formula is C7H5NNaOS. The summed E-state index contributed by atoms with van der Waals surface area (Å²) >= 11 is 1.24. The Kier molecular flexibility index (Phi) is 2.90. The molecular weight excluding hydrogens is 169 g/mol. The van der Waals surface area contributed by atoms with E-state index in [0.29, 0.717) is 0 Å². The standard InChI is InChI=1S/C7H5NOS.Na/c9-7-8-5-3-1-2-4-6(5)10-7;/h1-4H,(H,8,9);. The second-order valence-corrected chi connectivity index (χ2v) is 3.03. The molecule has 1 aromatic carbocycles. The van der Waals surface area contributed by atoms with Gasteiger partial charge in [0, 0.05) is 29.6 Å². The third-order valence-electron chi connectivity index (χ3n) is 1.33. The molecule has 2 aromatic rings.